The SMILES string of the molecule is COc1ccc(C2CC(=O)N(CCc3ccccc3)C(=O)C2)cc1OC. The number of piperidine rings is 1. The first kappa shape index (κ1) is 18.0. The molecule has 0 N–H and O–H groups in total. The molecule has 1 heterocycles. The molecule has 1 aliphatic heterocycles. The number of carbonyl (C=O) groups excluding carboxylic acids is 2. The van der Waals surface area contributed by atoms with Crippen LogP contribution in [0, 0.1) is 0 Å². The van der Waals surface area contributed by atoms with Gasteiger partial charge in [-0.2, -0.15) is 0 Å². The Labute approximate surface area is 153 Å². The van der Waals surface area contributed by atoms with E-state index in [0.717, 1.165) is 11.1 Å². The third-order valence-electron chi connectivity index (χ3n) is 4.79. The Balaban J connectivity index is 1.68. The lowest BCUT2D eigenvalue weighted by Gasteiger charge is -2.30. The number of methoxy groups -OCH3 is 2. The Kier molecular flexibility index (Phi) is 5.56. The molecule has 0 radical (unpaired) electrons. The van der Waals surface area contributed by atoms with Gasteiger partial charge in [0.1, 0.15) is 0 Å². The molecule has 2 aromatic rings. The fourth-order valence-corrected chi connectivity index (χ4v) is 3.33. The lowest BCUT2D eigenvalue weighted by molar-refractivity contribution is -0.148. The number of amides is 2. The monoisotopic (exact) mass is 353 g/mol. The van der Waals surface area contributed by atoms with Crippen molar-refractivity contribution in [1.29, 1.82) is 0 Å². The van der Waals surface area contributed by atoms with Crippen molar-refractivity contribution in [2.75, 3.05) is 20.8 Å². The van der Waals surface area contributed by atoms with E-state index in [1.54, 1.807) is 14.2 Å². The predicted molar refractivity (Wildman–Crippen MR) is 98.4 cm³/mol. The van der Waals surface area contributed by atoms with E-state index < -0.39 is 0 Å². The Hall–Kier alpha value is -2.82. The summed E-state index contributed by atoms with van der Waals surface area (Å²) in [4.78, 5) is 26.5. The number of imide groups is 1. The van der Waals surface area contributed by atoms with Crippen LogP contribution in [0.15, 0.2) is 48.5 Å². The summed E-state index contributed by atoms with van der Waals surface area (Å²) in [6, 6.07) is 15.4. The summed E-state index contributed by atoms with van der Waals surface area (Å²) in [6.07, 6.45) is 1.34. The summed E-state index contributed by atoms with van der Waals surface area (Å²) in [6.45, 7) is 0.431. The molecule has 5 nitrogen and oxygen atoms in total. The molecule has 1 aliphatic rings. The maximum absolute atomic E-state index is 12.5. The van der Waals surface area contributed by atoms with Gasteiger partial charge in [-0.1, -0.05) is 36.4 Å². The summed E-state index contributed by atoms with van der Waals surface area (Å²) < 4.78 is 10.6. The molecule has 0 unspecified atom stereocenters. The molecule has 1 fully saturated rings. The normalized spacial score (nSPS) is 15.2. The van der Waals surface area contributed by atoms with Crippen LogP contribution in [0.1, 0.15) is 29.9 Å². The molecule has 5 heteroatoms. The van der Waals surface area contributed by atoms with Gasteiger partial charge in [0.25, 0.3) is 0 Å². The number of ether oxygens (including phenoxy) is 2. The van der Waals surface area contributed by atoms with Crippen LogP contribution in [0.3, 0.4) is 0 Å². The van der Waals surface area contributed by atoms with Crippen LogP contribution in [0.5, 0.6) is 11.5 Å². The molecule has 2 amide bonds. The summed E-state index contributed by atoms with van der Waals surface area (Å²) >= 11 is 0. The van der Waals surface area contributed by atoms with Crippen LogP contribution in [-0.2, 0) is 16.0 Å². The molecule has 3 rings (SSSR count). The molecular formula is C21H23NO4. The minimum atomic E-state index is -0.122. The molecule has 2 aromatic carbocycles. The molecule has 0 atom stereocenters. The smallest absolute Gasteiger partial charge is 0.229 e. The van der Waals surface area contributed by atoms with E-state index in [1.165, 1.54) is 4.90 Å². The molecule has 0 aromatic heterocycles. The lowest BCUT2D eigenvalue weighted by atomic mass is 9.88. The second-order valence-electron chi connectivity index (χ2n) is 6.39. The first-order chi connectivity index (χ1) is 12.6. The van der Waals surface area contributed by atoms with Gasteiger partial charge in [0.2, 0.25) is 11.8 Å². The Morgan fingerprint density at radius 1 is 0.923 bits per heavy atom. The number of benzene rings is 2. The maximum atomic E-state index is 12.5. The highest BCUT2D eigenvalue weighted by atomic mass is 16.5. The van der Waals surface area contributed by atoms with Crippen LogP contribution in [-0.4, -0.2) is 37.5 Å². The zero-order valence-electron chi connectivity index (χ0n) is 15.1. The summed E-state index contributed by atoms with van der Waals surface area (Å²) in [5.74, 6) is 0.891. The van der Waals surface area contributed by atoms with E-state index in [-0.39, 0.29) is 17.7 Å². The number of likely N-dealkylation sites (tertiary alicyclic amines) is 1. The Bertz CT molecular complexity index is 770. The van der Waals surface area contributed by atoms with Gasteiger partial charge in [-0.3, -0.25) is 14.5 Å². The van der Waals surface area contributed by atoms with Crippen molar-refractivity contribution in [1.82, 2.24) is 4.90 Å². The van der Waals surface area contributed by atoms with Crippen molar-refractivity contribution in [2.45, 2.75) is 25.2 Å². The third-order valence-corrected chi connectivity index (χ3v) is 4.79. The van der Waals surface area contributed by atoms with Crippen molar-refractivity contribution in [3.05, 3.63) is 59.7 Å². The molecule has 0 aliphatic carbocycles. The maximum Gasteiger partial charge on any atom is 0.229 e. The lowest BCUT2D eigenvalue weighted by Crippen LogP contribution is -2.43. The van der Waals surface area contributed by atoms with E-state index >= 15 is 0 Å². The van der Waals surface area contributed by atoms with Crippen LogP contribution >= 0.6 is 0 Å². The average Bonchev–Trinajstić information content (AvgIpc) is 2.67. The predicted octanol–water partition coefficient (Wildman–Crippen LogP) is 3.18. The van der Waals surface area contributed by atoms with Crippen LogP contribution in [0.25, 0.3) is 0 Å². The van der Waals surface area contributed by atoms with Gasteiger partial charge < -0.3 is 9.47 Å². The van der Waals surface area contributed by atoms with Crippen LogP contribution in [0.4, 0.5) is 0 Å². The second kappa shape index (κ2) is 8.04. The van der Waals surface area contributed by atoms with Gasteiger partial charge >= 0.3 is 0 Å². The zero-order valence-corrected chi connectivity index (χ0v) is 15.1. The fraction of sp³-hybridized carbons (Fsp3) is 0.333. The van der Waals surface area contributed by atoms with E-state index in [2.05, 4.69) is 0 Å². The molecule has 26 heavy (non-hydrogen) atoms. The number of hydrogen-bond acceptors (Lipinski definition) is 4. The first-order valence-electron chi connectivity index (χ1n) is 8.71. The standard InChI is InChI=1S/C21H23NO4/c1-25-18-9-8-16(12-19(18)26-2)17-13-20(23)22(21(24)14-17)11-10-15-6-4-3-5-7-15/h3-9,12,17H,10-11,13-14H2,1-2H3. The number of nitrogens with zero attached hydrogens (tertiary/aromatic N) is 1. The highest BCUT2D eigenvalue weighted by Crippen LogP contribution is 2.35. The molecule has 1 saturated heterocycles. The molecule has 0 saturated carbocycles. The fourth-order valence-electron chi connectivity index (χ4n) is 3.33. The van der Waals surface area contributed by atoms with Crippen molar-refractivity contribution in [2.24, 2.45) is 0 Å². The van der Waals surface area contributed by atoms with Gasteiger partial charge in [0.05, 0.1) is 14.2 Å². The quantitative estimate of drug-likeness (QED) is 0.749. The van der Waals surface area contributed by atoms with Gasteiger partial charge in [-0.25, -0.2) is 0 Å². The Morgan fingerprint density at radius 3 is 2.19 bits per heavy atom. The third kappa shape index (κ3) is 3.87. The number of hydrogen-bond donors (Lipinski definition) is 0. The van der Waals surface area contributed by atoms with Gasteiger partial charge in [0.15, 0.2) is 11.5 Å². The van der Waals surface area contributed by atoms with Crippen molar-refractivity contribution < 1.29 is 19.1 Å². The molecule has 0 bridgehead atoms. The largest absolute Gasteiger partial charge is 0.493 e. The van der Waals surface area contributed by atoms with Gasteiger partial charge in [0, 0.05) is 25.3 Å². The van der Waals surface area contributed by atoms with Gasteiger partial charge in [-0.15, -0.1) is 0 Å². The minimum absolute atomic E-state index is 0.114. The Morgan fingerprint density at radius 2 is 1.58 bits per heavy atom. The number of carbonyl (C=O) groups is 2. The van der Waals surface area contributed by atoms with E-state index in [4.69, 9.17) is 9.47 Å². The topological polar surface area (TPSA) is 55.8 Å². The van der Waals surface area contributed by atoms with E-state index in [9.17, 15) is 9.59 Å². The van der Waals surface area contributed by atoms with Gasteiger partial charge in [-0.05, 0) is 29.7 Å². The summed E-state index contributed by atoms with van der Waals surface area (Å²) in [5, 5.41) is 0. The first-order valence-corrected chi connectivity index (χ1v) is 8.71. The van der Waals surface area contributed by atoms with E-state index in [1.807, 2.05) is 48.5 Å². The van der Waals surface area contributed by atoms with Crippen LogP contribution in [0.2, 0.25) is 0 Å². The summed E-state index contributed by atoms with van der Waals surface area (Å²) in [5.41, 5.74) is 2.04. The molecule has 0 spiro atoms. The average molecular weight is 353 g/mol. The van der Waals surface area contributed by atoms with E-state index in [0.29, 0.717) is 37.3 Å². The highest BCUT2D eigenvalue weighted by Gasteiger charge is 2.33. The van der Waals surface area contributed by atoms with Crippen molar-refractivity contribution >= 4 is 11.8 Å². The van der Waals surface area contributed by atoms with Crippen molar-refractivity contribution in [3.63, 3.8) is 0 Å². The van der Waals surface area contributed by atoms with Crippen LogP contribution < -0.4 is 9.47 Å². The summed E-state index contributed by atoms with van der Waals surface area (Å²) in [7, 11) is 3.15. The zero-order chi connectivity index (χ0) is 18.5. The number of rotatable bonds is 6. The molecular weight excluding hydrogens is 330 g/mol. The molecule has 136 valence electrons. The van der Waals surface area contributed by atoms with Crippen molar-refractivity contribution in [3.8, 4) is 11.5 Å². The minimum Gasteiger partial charge on any atom is -0.493 e. The highest BCUT2D eigenvalue weighted by molar-refractivity contribution is 5.98. The second-order valence-corrected chi connectivity index (χ2v) is 6.39.